The van der Waals surface area contributed by atoms with Crippen molar-refractivity contribution in [1.82, 2.24) is 4.31 Å². The van der Waals surface area contributed by atoms with E-state index in [1.54, 1.807) is 0 Å². The van der Waals surface area contributed by atoms with Crippen molar-refractivity contribution in [3.05, 3.63) is 34.9 Å². The molecule has 106 valence electrons. The third kappa shape index (κ3) is 3.36. The summed E-state index contributed by atoms with van der Waals surface area (Å²) in [5, 5.41) is 0. The Labute approximate surface area is 113 Å². The zero-order valence-electron chi connectivity index (χ0n) is 10.7. The number of fused-ring (bicyclic) bond motifs is 1. The predicted octanol–water partition coefficient (Wildman–Crippen LogP) is 3.18. The lowest BCUT2D eigenvalue weighted by Crippen LogP contribution is -2.34. The standard InChI is InChI=1S/C13H16F3NOS/c1-2-10-5-6-11-4-3-7-17(9-12(11)8-10)19(18)13(14,15)16/h5-6,8H,2-4,7,9H2,1H3. The van der Waals surface area contributed by atoms with E-state index >= 15 is 0 Å². The second-order valence-electron chi connectivity index (χ2n) is 4.62. The number of nitrogens with zero attached hydrogens (tertiary/aromatic N) is 1. The Hall–Kier alpha value is -0.880. The molecule has 0 fully saturated rings. The molecule has 0 bridgehead atoms. The van der Waals surface area contributed by atoms with Crippen molar-refractivity contribution in [3.63, 3.8) is 0 Å². The summed E-state index contributed by atoms with van der Waals surface area (Å²) in [6, 6.07) is 5.92. The molecule has 0 aliphatic carbocycles. The van der Waals surface area contributed by atoms with Gasteiger partial charge in [0.15, 0.2) is 0 Å². The van der Waals surface area contributed by atoms with Crippen LogP contribution in [0.3, 0.4) is 0 Å². The maximum atomic E-state index is 12.5. The van der Waals surface area contributed by atoms with E-state index in [4.69, 9.17) is 0 Å². The molecule has 0 spiro atoms. The van der Waals surface area contributed by atoms with Crippen molar-refractivity contribution in [2.45, 2.75) is 38.2 Å². The Bertz CT molecular complexity index is 487. The summed E-state index contributed by atoms with van der Waals surface area (Å²) in [6.45, 7) is 2.32. The highest BCUT2D eigenvalue weighted by Gasteiger charge is 2.41. The molecule has 1 unspecified atom stereocenters. The van der Waals surface area contributed by atoms with Gasteiger partial charge in [0.25, 0.3) is 0 Å². The SMILES string of the molecule is CCc1ccc2c(c1)CN(S(=O)C(F)(F)F)CCC2. The Morgan fingerprint density at radius 3 is 2.68 bits per heavy atom. The van der Waals surface area contributed by atoms with E-state index < -0.39 is 16.5 Å². The van der Waals surface area contributed by atoms with Gasteiger partial charge in [0.05, 0.1) is 0 Å². The third-order valence-electron chi connectivity index (χ3n) is 3.31. The van der Waals surface area contributed by atoms with Gasteiger partial charge in [-0.3, -0.25) is 0 Å². The molecule has 0 saturated carbocycles. The van der Waals surface area contributed by atoms with Crippen LogP contribution in [0.2, 0.25) is 0 Å². The van der Waals surface area contributed by atoms with Crippen molar-refractivity contribution in [2.24, 2.45) is 0 Å². The lowest BCUT2D eigenvalue weighted by molar-refractivity contribution is -0.0430. The Kier molecular flexibility index (Phi) is 4.30. The highest BCUT2D eigenvalue weighted by molar-refractivity contribution is 7.83. The van der Waals surface area contributed by atoms with Crippen molar-refractivity contribution in [3.8, 4) is 0 Å². The monoisotopic (exact) mass is 291 g/mol. The molecular weight excluding hydrogens is 275 g/mol. The fourth-order valence-electron chi connectivity index (χ4n) is 2.29. The van der Waals surface area contributed by atoms with Crippen LogP contribution < -0.4 is 0 Å². The Morgan fingerprint density at radius 2 is 2.05 bits per heavy atom. The van der Waals surface area contributed by atoms with Crippen LogP contribution in [-0.4, -0.2) is 20.6 Å². The van der Waals surface area contributed by atoms with Gasteiger partial charge in [-0.15, -0.1) is 0 Å². The summed E-state index contributed by atoms with van der Waals surface area (Å²) >= 11 is 0. The topological polar surface area (TPSA) is 20.3 Å². The van der Waals surface area contributed by atoms with Crippen LogP contribution in [0.15, 0.2) is 18.2 Å². The van der Waals surface area contributed by atoms with Crippen LogP contribution in [0.5, 0.6) is 0 Å². The average Bonchev–Trinajstić information content (AvgIpc) is 2.57. The second-order valence-corrected chi connectivity index (χ2v) is 6.10. The molecule has 1 aliphatic rings. The zero-order valence-corrected chi connectivity index (χ0v) is 11.5. The average molecular weight is 291 g/mol. The molecule has 0 radical (unpaired) electrons. The van der Waals surface area contributed by atoms with Gasteiger partial charge in [0.1, 0.15) is 0 Å². The Morgan fingerprint density at radius 1 is 1.32 bits per heavy atom. The lowest BCUT2D eigenvalue weighted by atomic mass is 10.0. The summed E-state index contributed by atoms with van der Waals surface area (Å²) in [5.41, 5.74) is -1.64. The molecule has 1 atom stereocenters. The molecule has 1 aromatic rings. The molecule has 0 N–H and O–H groups in total. The molecule has 6 heteroatoms. The van der Waals surface area contributed by atoms with E-state index in [-0.39, 0.29) is 13.1 Å². The molecule has 19 heavy (non-hydrogen) atoms. The number of hydrogen-bond acceptors (Lipinski definition) is 1. The van der Waals surface area contributed by atoms with E-state index in [2.05, 4.69) is 0 Å². The molecule has 0 saturated heterocycles. The van der Waals surface area contributed by atoms with Crippen LogP contribution in [0.4, 0.5) is 13.2 Å². The van der Waals surface area contributed by atoms with Gasteiger partial charge < -0.3 is 0 Å². The van der Waals surface area contributed by atoms with Crippen molar-refractivity contribution in [1.29, 1.82) is 0 Å². The van der Waals surface area contributed by atoms with E-state index in [1.807, 2.05) is 25.1 Å². The number of benzene rings is 1. The summed E-state index contributed by atoms with van der Waals surface area (Å²) in [7, 11) is -2.92. The number of halogens is 3. The number of aryl methyl sites for hydroxylation is 2. The van der Waals surface area contributed by atoms with E-state index in [1.165, 1.54) is 0 Å². The molecule has 2 nitrogen and oxygen atoms in total. The van der Waals surface area contributed by atoms with Crippen LogP contribution in [0.1, 0.15) is 30.0 Å². The first-order valence-corrected chi connectivity index (χ1v) is 7.37. The quantitative estimate of drug-likeness (QED) is 0.819. The minimum Gasteiger partial charge on any atom is -0.233 e. The van der Waals surface area contributed by atoms with Gasteiger partial charge in [0, 0.05) is 13.1 Å². The molecule has 0 aromatic heterocycles. The lowest BCUT2D eigenvalue weighted by Gasteiger charge is -2.20. The minimum absolute atomic E-state index is 0.106. The normalized spacial score (nSPS) is 18.7. The van der Waals surface area contributed by atoms with Gasteiger partial charge in [-0.25, -0.2) is 8.51 Å². The van der Waals surface area contributed by atoms with E-state index in [0.717, 1.165) is 33.8 Å². The second kappa shape index (κ2) is 5.63. The number of hydrogen-bond donors (Lipinski definition) is 0. The van der Waals surface area contributed by atoms with Crippen molar-refractivity contribution < 1.29 is 17.4 Å². The largest absolute Gasteiger partial charge is 0.485 e. The highest BCUT2D eigenvalue weighted by atomic mass is 32.2. The van der Waals surface area contributed by atoms with Crippen molar-refractivity contribution in [2.75, 3.05) is 6.54 Å². The van der Waals surface area contributed by atoms with Gasteiger partial charge in [-0.05, 0) is 36.0 Å². The summed E-state index contributed by atoms with van der Waals surface area (Å²) in [5.74, 6) is 0. The molecular formula is C13H16F3NOS. The first-order chi connectivity index (χ1) is 8.91. The van der Waals surface area contributed by atoms with Gasteiger partial charge in [0.2, 0.25) is 11.0 Å². The maximum Gasteiger partial charge on any atom is 0.485 e. The van der Waals surface area contributed by atoms with Crippen LogP contribution >= 0.6 is 0 Å². The summed E-state index contributed by atoms with van der Waals surface area (Å²) in [6.07, 6.45) is 2.18. The van der Waals surface area contributed by atoms with E-state index in [0.29, 0.717) is 6.42 Å². The summed E-state index contributed by atoms with van der Waals surface area (Å²) < 4.78 is 50.1. The zero-order chi connectivity index (χ0) is 14.0. The third-order valence-corrected chi connectivity index (χ3v) is 4.49. The van der Waals surface area contributed by atoms with Gasteiger partial charge in [-0.2, -0.15) is 13.2 Å². The number of alkyl halides is 3. The fraction of sp³-hybridized carbons (Fsp3) is 0.538. The first kappa shape index (κ1) is 14.5. The maximum absolute atomic E-state index is 12.5. The van der Waals surface area contributed by atoms with Gasteiger partial charge >= 0.3 is 5.51 Å². The Balaban J connectivity index is 2.26. The molecule has 2 rings (SSSR count). The molecule has 1 aliphatic heterocycles. The predicted molar refractivity (Wildman–Crippen MR) is 68.7 cm³/mol. The smallest absolute Gasteiger partial charge is 0.233 e. The van der Waals surface area contributed by atoms with Crippen molar-refractivity contribution >= 4 is 11.0 Å². The fourth-order valence-corrected chi connectivity index (χ4v) is 3.14. The van der Waals surface area contributed by atoms with Crippen LogP contribution in [-0.2, 0) is 30.4 Å². The van der Waals surface area contributed by atoms with E-state index in [9.17, 15) is 17.4 Å². The minimum atomic E-state index is -4.67. The van der Waals surface area contributed by atoms with Gasteiger partial charge in [-0.1, -0.05) is 25.1 Å². The number of rotatable bonds is 2. The summed E-state index contributed by atoms with van der Waals surface area (Å²) in [4.78, 5) is 0. The first-order valence-electron chi connectivity index (χ1n) is 6.26. The van der Waals surface area contributed by atoms with Crippen LogP contribution in [0.25, 0.3) is 0 Å². The molecule has 0 amide bonds. The van der Waals surface area contributed by atoms with Crippen LogP contribution in [0, 0.1) is 0 Å². The molecule has 1 aromatic carbocycles. The highest BCUT2D eigenvalue weighted by Crippen LogP contribution is 2.28. The molecule has 1 heterocycles.